The number of rotatable bonds is 4. The Hall–Kier alpha value is -1.24. The van der Waals surface area contributed by atoms with Gasteiger partial charge in [-0.15, -0.1) is 0 Å². The van der Waals surface area contributed by atoms with Gasteiger partial charge in [-0.1, -0.05) is 20.8 Å². The monoisotopic (exact) mass is 397 g/mol. The van der Waals surface area contributed by atoms with E-state index in [9.17, 15) is 13.9 Å². The van der Waals surface area contributed by atoms with Gasteiger partial charge in [0.15, 0.2) is 0 Å². The fourth-order valence-electron chi connectivity index (χ4n) is 4.48. The summed E-state index contributed by atoms with van der Waals surface area (Å²) >= 11 is 0. The van der Waals surface area contributed by atoms with E-state index < -0.39 is 17.2 Å². The van der Waals surface area contributed by atoms with Crippen LogP contribution in [0.15, 0.2) is 18.2 Å². The number of ether oxygens (including phenoxy) is 2. The summed E-state index contributed by atoms with van der Waals surface area (Å²) in [5.74, 6) is -0.586. The summed E-state index contributed by atoms with van der Waals surface area (Å²) < 4.78 is 37.9. The van der Waals surface area contributed by atoms with Gasteiger partial charge in [-0.25, -0.2) is 8.78 Å². The molecule has 1 aliphatic heterocycles. The van der Waals surface area contributed by atoms with E-state index in [1.54, 1.807) is 0 Å². The van der Waals surface area contributed by atoms with E-state index in [-0.39, 0.29) is 19.0 Å². The second kappa shape index (κ2) is 8.64. The predicted octanol–water partition coefficient (Wildman–Crippen LogP) is 4.01. The van der Waals surface area contributed by atoms with Crippen LogP contribution in [0.1, 0.15) is 46.5 Å². The molecule has 2 aliphatic rings. The Kier molecular flexibility index (Phi) is 6.62. The van der Waals surface area contributed by atoms with Gasteiger partial charge >= 0.3 is 0 Å². The first-order valence-electron chi connectivity index (χ1n) is 10.3. The third-order valence-corrected chi connectivity index (χ3v) is 6.17. The van der Waals surface area contributed by atoms with Crippen LogP contribution in [0, 0.1) is 23.0 Å². The summed E-state index contributed by atoms with van der Waals surface area (Å²) in [6, 6.07) is 3.47. The Balaban J connectivity index is 1.59. The second-order valence-electron chi connectivity index (χ2n) is 9.51. The van der Waals surface area contributed by atoms with Crippen molar-refractivity contribution in [1.82, 2.24) is 4.90 Å². The minimum Gasteiger partial charge on any atom is -0.490 e. The van der Waals surface area contributed by atoms with Gasteiger partial charge in [0.2, 0.25) is 0 Å². The Morgan fingerprint density at radius 2 is 1.79 bits per heavy atom. The number of nitrogens with zero attached hydrogens (tertiary/aromatic N) is 1. The second-order valence-corrected chi connectivity index (χ2v) is 9.51. The molecule has 0 unspecified atom stereocenters. The van der Waals surface area contributed by atoms with Crippen molar-refractivity contribution in [2.24, 2.45) is 11.3 Å². The smallest absolute Gasteiger partial charge is 0.134 e. The minimum atomic E-state index is -1.21. The molecular formula is C22H33F2NO3. The van der Waals surface area contributed by atoms with Crippen molar-refractivity contribution in [3.63, 3.8) is 0 Å². The topological polar surface area (TPSA) is 41.9 Å². The molecule has 1 aromatic rings. The normalized spacial score (nSPS) is 30.1. The van der Waals surface area contributed by atoms with Crippen LogP contribution in [0.4, 0.5) is 8.78 Å². The molecule has 4 nitrogen and oxygen atoms in total. The summed E-state index contributed by atoms with van der Waals surface area (Å²) in [5.41, 5.74) is -0.873. The Morgan fingerprint density at radius 1 is 1.14 bits per heavy atom. The van der Waals surface area contributed by atoms with Crippen LogP contribution < -0.4 is 4.74 Å². The maximum Gasteiger partial charge on any atom is 0.134 e. The van der Waals surface area contributed by atoms with E-state index in [1.807, 2.05) is 0 Å². The van der Waals surface area contributed by atoms with Crippen molar-refractivity contribution in [3.05, 3.63) is 29.8 Å². The zero-order chi connectivity index (χ0) is 20.4. The quantitative estimate of drug-likeness (QED) is 0.834. The molecular weight excluding hydrogens is 364 g/mol. The average Bonchev–Trinajstić information content (AvgIpc) is 2.81. The maximum atomic E-state index is 13.4. The van der Waals surface area contributed by atoms with E-state index in [4.69, 9.17) is 9.47 Å². The number of hydrogen-bond acceptors (Lipinski definition) is 4. The number of hydrogen-bond donors (Lipinski definition) is 1. The van der Waals surface area contributed by atoms with Crippen LogP contribution in [-0.2, 0) is 4.74 Å². The summed E-state index contributed by atoms with van der Waals surface area (Å²) in [6.07, 6.45) is 4.63. The molecule has 0 spiro atoms. The largest absolute Gasteiger partial charge is 0.490 e. The van der Waals surface area contributed by atoms with E-state index in [2.05, 4.69) is 25.7 Å². The number of β-amino-alcohol motifs (C(OH)–C–C–N with tert-alkyl or cyclic N) is 1. The first-order chi connectivity index (χ1) is 13.1. The highest BCUT2D eigenvalue weighted by molar-refractivity contribution is 5.24. The van der Waals surface area contributed by atoms with Gasteiger partial charge in [0.1, 0.15) is 29.6 Å². The van der Waals surface area contributed by atoms with Crippen molar-refractivity contribution >= 4 is 0 Å². The summed E-state index contributed by atoms with van der Waals surface area (Å²) in [5, 5.41) is 11.1. The lowest BCUT2D eigenvalue weighted by Gasteiger charge is -2.42. The van der Waals surface area contributed by atoms with Crippen LogP contribution in [0.5, 0.6) is 5.75 Å². The van der Waals surface area contributed by atoms with Gasteiger partial charge in [-0.3, -0.25) is 4.90 Å². The van der Waals surface area contributed by atoms with E-state index >= 15 is 0 Å². The van der Waals surface area contributed by atoms with Crippen LogP contribution >= 0.6 is 0 Å². The SMILES string of the molecule is CC(C)(C)C1CCC(N2CCOC[C@@](O)(COc3cc(F)cc(F)c3)C2)CC1. The van der Waals surface area contributed by atoms with E-state index in [1.165, 1.54) is 12.8 Å². The molecule has 1 atom stereocenters. The average molecular weight is 398 g/mol. The van der Waals surface area contributed by atoms with Gasteiger partial charge in [0.05, 0.1) is 13.2 Å². The number of halogens is 2. The minimum absolute atomic E-state index is 0.0657. The summed E-state index contributed by atoms with van der Waals surface area (Å²) in [7, 11) is 0. The number of aliphatic hydroxyl groups is 1. The fourth-order valence-corrected chi connectivity index (χ4v) is 4.48. The first-order valence-corrected chi connectivity index (χ1v) is 10.3. The van der Waals surface area contributed by atoms with Gasteiger partial charge in [0, 0.05) is 37.3 Å². The van der Waals surface area contributed by atoms with Crippen molar-refractivity contribution in [3.8, 4) is 5.75 Å². The standard InChI is InChI=1S/C22H33F2NO3/c1-21(2,3)16-4-6-19(7-5-16)25-8-9-27-14-22(26,13-25)15-28-20-11-17(23)10-18(24)12-20/h10-12,16,19,26H,4-9,13-15H2,1-3H3/t16?,19?,22-/m1/s1. The zero-order valence-corrected chi connectivity index (χ0v) is 17.2. The van der Waals surface area contributed by atoms with Crippen LogP contribution in [0.25, 0.3) is 0 Å². The maximum absolute atomic E-state index is 13.4. The Bertz CT molecular complexity index is 635. The summed E-state index contributed by atoms with van der Waals surface area (Å²) in [6.45, 7) is 8.80. The molecule has 1 saturated carbocycles. The molecule has 0 aromatic heterocycles. The van der Waals surface area contributed by atoms with Gasteiger partial charge in [-0.2, -0.15) is 0 Å². The molecule has 1 N–H and O–H groups in total. The van der Waals surface area contributed by atoms with Crippen molar-refractivity contribution in [2.45, 2.75) is 58.1 Å². The van der Waals surface area contributed by atoms with Crippen molar-refractivity contribution < 1.29 is 23.4 Å². The summed E-state index contributed by atoms with van der Waals surface area (Å²) in [4.78, 5) is 2.31. The molecule has 1 saturated heterocycles. The molecule has 158 valence electrons. The zero-order valence-electron chi connectivity index (χ0n) is 17.2. The molecule has 2 fully saturated rings. The molecule has 1 heterocycles. The highest BCUT2D eigenvalue weighted by atomic mass is 19.1. The molecule has 6 heteroatoms. The molecule has 28 heavy (non-hydrogen) atoms. The van der Waals surface area contributed by atoms with Crippen molar-refractivity contribution in [2.75, 3.05) is 32.9 Å². The highest BCUT2D eigenvalue weighted by Gasteiger charge is 2.38. The molecule has 0 amide bonds. The van der Waals surface area contributed by atoms with Gasteiger partial charge in [-0.05, 0) is 37.0 Å². The molecule has 1 aromatic carbocycles. The molecule has 3 rings (SSSR count). The molecule has 1 aliphatic carbocycles. The third kappa shape index (κ3) is 5.65. The Morgan fingerprint density at radius 3 is 2.39 bits per heavy atom. The number of benzene rings is 1. The lowest BCUT2D eigenvalue weighted by atomic mass is 9.71. The Labute approximate surface area is 166 Å². The van der Waals surface area contributed by atoms with Gasteiger partial charge in [0.25, 0.3) is 0 Å². The van der Waals surface area contributed by atoms with Crippen molar-refractivity contribution in [1.29, 1.82) is 0 Å². The fraction of sp³-hybridized carbons (Fsp3) is 0.727. The third-order valence-electron chi connectivity index (χ3n) is 6.17. The lowest BCUT2D eigenvalue weighted by molar-refractivity contribution is -0.0692. The predicted molar refractivity (Wildman–Crippen MR) is 104 cm³/mol. The lowest BCUT2D eigenvalue weighted by Crippen LogP contribution is -2.52. The van der Waals surface area contributed by atoms with E-state index in [0.29, 0.717) is 24.6 Å². The molecule has 0 bridgehead atoms. The first kappa shape index (κ1) is 21.5. The van der Waals surface area contributed by atoms with Gasteiger partial charge < -0.3 is 14.6 Å². The van der Waals surface area contributed by atoms with Crippen LogP contribution in [0.2, 0.25) is 0 Å². The highest BCUT2D eigenvalue weighted by Crippen LogP contribution is 2.39. The van der Waals surface area contributed by atoms with Crippen LogP contribution in [-0.4, -0.2) is 54.6 Å². The van der Waals surface area contributed by atoms with Crippen LogP contribution in [0.3, 0.4) is 0 Å². The van der Waals surface area contributed by atoms with E-state index in [0.717, 1.165) is 43.5 Å². The molecule has 0 radical (unpaired) electrons.